The van der Waals surface area contributed by atoms with Gasteiger partial charge in [0, 0.05) is 7.05 Å². The normalized spacial score (nSPS) is 11.0. The second-order valence-corrected chi connectivity index (χ2v) is 6.42. The molecule has 21 heavy (non-hydrogen) atoms. The van der Waals surface area contributed by atoms with Crippen molar-refractivity contribution in [3.8, 4) is 6.07 Å². The van der Waals surface area contributed by atoms with Crippen molar-refractivity contribution in [2.45, 2.75) is 11.8 Å². The number of anilines is 1. The van der Waals surface area contributed by atoms with Crippen molar-refractivity contribution in [3.05, 3.63) is 59.4 Å². The minimum atomic E-state index is -4.01. The predicted molar refractivity (Wildman–Crippen MR) is 77.9 cm³/mol. The van der Waals surface area contributed by atoms with Gasteiger partial charge in [-0.3, -0.25) is 4.31 Å². The topological polar surface area (TPSA) is 61.2 Å². The van der Waals surface area contributed by atoms with Crippen LogP contribution in [0, 0.1) is 24.1 Å². The first kappa shape index (κ1) is 15.0. The summed E-state index contributed by atoms with van der Waals surface area (Å²) in [6, 6.07) is 12.1. The third kappa shape index (κ3) is 2.60. The maximum atomic E-state index is 13.6. The second kappa shape index (κ2) is 5.54. The lowest BCUT2D eigenvalue weighted by Crippen LogP contribution is -2.28. The van der Waals surface area contributed by atoms with Crippen LogP contribution in [0.5, 0.6) is 0 Å². The van der Waals surface area contributed by atoms with Gasteiger partial charge in [-0.2, -0.15) is 5.26 Å². The van der Waals surface area contributed by atoms with Crippen LogP contribution in [0.2, 0.25) is 0 Å². The Morgan fingerprint density at radius 2 is 1.81 bits per heavy atom. The molecule has 0 aliphatic heterocycles. The average molecular weight is 304 g/mol. The molecular weight excluding hydrogens is 291 g/mol. The summed E-state index contributed by atoms with van der Waals surface area (Å²) in [5.74, 6) is -0.850. The highest BCUT2D eigenvalue weighted by Crippen LogP contribution is 2.27. The summed E-state index contributed by atoms with van der Waals surface area (Å²) >= 11 is 0. The highest BCUT2D eigenvalue weighted by Gasteiger charge is 2.26. The number of aryl methyl sites for hydroxylation is 1. The van der Waals surface area contributed by atoms with Crippen LogP contribution in [0.25, 0.3) is 0 Å². The summed E-state index contributed by atoms with van der Waals surface area (Å²) in [6.07, 6.45) is 0. The van der Waals surface area contributed by atoms with Crippen molar-refractivity contribution in [1.82, 2.24) is 0 Å². The van der Waals surface area contributed by atoms with Crippen LogP contribution in [0.15, 0.2) is 47.4 Å². The van der Waals surface area contributed by atoms with E-state index >= 15 is 0 Å². The first-order valence-electron chi connectivity index (χ1n) is 6.12. The van der Waals surface area contributed by atoms with Gasteiger partial charge < -0.3 is 0 Å². The van der Waals surface area contributed by atoms with Gasteiger partial charge in [-0.15, -0.1) is 0 Å². The Kier molecular flexibility index (Phi) is 3.96. The first-order chi connectivity index (χ1) is 9.89. The Labute approximate surface area is 123 Å². The van der Waals surface area contributed by atoms with E-state index in [0.717, 1.165) is 15.9 Å². The predicted octanol–water partition coefficient (Wildman–Crippen LogP) is 2.83. The molecule has 0 fully saturated rings. The molecule has 0 unspecified atom stereocenters. The van der Waals surface area contributed by atoms with Gasteiger partial charge >= 0.3 is 0 Å². The van der Waals surface area contributed by atoms with Crippen LogP contribution < -0.4 is 4.31 Å². The average Bonchev–Trinajstić information content (AvgIpc) is 2.46. The monoisotopic (exact) mass is 304 g/mol. The molecule has 0 aromatic heterocycles. The van der Waals surface area contributed by atoms with Crippen molar-refractivity contribution in [2.24, 2.45) is 0 Å². The van der Waals surface area contributed by atoms with Gasteiger partial charge in [0.1, 0.15) is 22.3 Å². The van der Waals surface area contributed by atoms with Crippen molar-refractivity contribution in [3.63, 3.8) is 0 Å². The molecule has 0 aliphatic carbocycles. The van der Waals surface area contributed by atoms with Crippen molar-refractivity contribution in [2.75, 3.05) is 11.4 Å². The molecule has 2 rings (SSSR count). The van der Waals surface area contributed by atoms with E-state index in [2.05, 4.69) is 0 Å². The lowest BCUT2D eigenvalue weighted by molar-refractivity contribution is 0.587. The summed E-state index contributed by atoms with van der Waals surface area (Å²) in [7, 11) is -2.63. The maximum Gasteiger partial charge on any atom is 0.265 e. The summed E-state index contributed by atoms with van der Waals surface area (Å²) in [6.45, 7) is 1.78. The molecule has 0 heterocycles. The smallest absolute Gasteiger partial charge is 0.265 e. The molecule has 0 aliphatic rings. The lowest BCUT2D eigenvalue weighted by Gasteiger charge is -2.21. The molecule has 0 saturated carbocycles. The van der Waals surface area contributed by atoms with Crippen LogP contribution in [-0.2, 0) is 10.0 Å². The Balaban J connectivity index is 2.62. The Bertz CT molecular complexity index is 826. The Hall–Kier alpha value is -2.39. The molecule has 0 amide bonds. The first-order valence-corrected chi connectivity index (χ1v) is 7.56. The number of para-hydroxylation sites is 1. The van der Waals surface area contributed by atoms with E-state index in [1.165, 1.54) is 19.2 Å². The van der Waals surface area contributed by atoms with E-state index in [4.69, 9.17) is 5.26 Å². The molecule has 2 aromatic carbocycles. The zero-order chi connectivity index (χ0) is 15.6. The van der Waals surface area contributed by atoms with Crippen LogP contribution in [0.4, 0.5) is 10.1 Å². The highest BCUT2D eigenvalue weighted by atomic mass is 32.2. The zero-order valence-electron chi connectivity index (χ0n) is 11.5. The number of halogens is 1. The minimum absolute atomic E-state index is 0.337. The van der Waals surface area contributed by atoms with E-state index in [1.807, 2.05) is 0 Å². The molecular formula is C15H13FN2O2S. The third-order valence-corrected chi connectivity index (χ3v) is 4.99. The van der Waals surface area contributed by atoms with Gasteiger partial charge in [0.05, 0.1) is 5.69 Å². The van der Waals surface area contributed by atoms with Crippen molar-refractivity contribution < 1.29 is 12.8 Å². The van der Waals surface area contributed by atoms with Crippen LogP contribution in [0.1, 0.15) is 11.1 Å². The molecule has 6 heteroatoms. The lowest BCUT2D eigenvalue weighted by atomic mass is 10.2. The SMILES string of the molecule is Cc1ccccc1N(C)S(=O)(=O)c1cccc(F)c1C#N. The second-order valence-electron chi connectivity index (χ2n) is 4.48. The third-order valence-electron chi connectivity index (χ3n) is 3.18. The molecule has 108 valence electrons. The molecule has 0 saturated heterocycles. The molecule has 0 N–H and O–H groups in total. The Morgan fingerprint density at radius 3 is 2.43 bits per heavy atom. The zero-order valence-corrected chi connectivity index (χ0v) is 12.4. The van der Waals surface area contributed by atoms with Gasteiger partial charge in [-0.25, -0.2) is 12.8 Å². The van der Waals surface area contributed by atoms with Crippen LogP contribution in [0.3, 0.4) is 0 Å². The van der Waals surface area contributed by atoms with E-state index in [-0.39, 0.29) is 4.90 Å². The summed E-state index contributed by atoms with van der Waals surface area (Å²) in [4.78, 5) is -0.337. The number of benzene rings is 2. The fraction of sp³-hybridized carbons (Fsp3) is 0.133. The number of rotatable bonds is 3. The van der Waals surface area contributed by atoms with Crippen molar-refractivity contribution >= 4 is 15.7 Å². The van der Waals surface area contributed by atoms with Gasteiger partial charge in [-0.05, 0) is 30.7 Å². The van der Waals surface area contributed by atoms with Gasteiger partial charge in [-0.1, -0.05) is 24.3 Å². The number of nitrogens with zero attached hydrogens (tertiary/aromatic N) is 2. The van der Waals surface area contributed by atoms with Gasteiger partial charge in [0.2, 0.25) is 0 Å². The van der Waals surface area contributed by atoms with E-state index < -0.39 is 21.4 Å². The standard InChI is InChI=1S/C15H13FN2O2S/c1-11-6-3-4-8-14(11)18(2)21(19,20)15-9-5-7-13(16)12(15)10-17/h3-9H,1-2H3. The van der Waals surface area contributed by atoms with E-state index in [9.17, 15) is 12.8 Å². The van der Waals surface area contributed by atoms with E-state index in [1.54, 1.807) is 37.3 Å². The largest absolute Gasteiger partial charge is 0.269 e. The number of hydrogen-bond donors (Lipinski definition) is 0. The van der Waals surface area contributed by atoms with E-state index in [0.29, 0.717) is 5.69 Å². The highest BCUT2D eigenvalue weighted by molar-refractivity contribution is 7.92. The van der Waals surface area contributed by atoms with Gasteiger partial charge in [0.15, 0.2) is 0 Å². The number of hydrogen-bond acceptors (Lipinski definition) is 3. The maximum absolute atomic E-state index is 13.6. The summed E-state index contributed by atoms with van der Waals surface area (Å²) in [5.41, 5.74) is 0.766. The molecule has 0 spiro atoms. The molecule has 4 nitrogen and oxygen atoms in total. The molecule has 0 bridgehead atoms. The Morgan fingerprint density at radius 1 is 1.14 bits per heavy atom. The molecule has 0 radical (unpaired) electrons. The van der Waals surface area contributed by atoms with Crippen LogP contribution in [-0.4, -0.2) is 15.5 Å². The quantitative estimate of drug-likeness (QED) is 0.876. The number of sulfonamides is 1. The number of nitriles is 1. The molecule has 2 aromatic rings. The fourth-order valence-electron chi connectivity index (χ4n) is 2.02. The van der Waals surface area contributed by atoms with Gasteiger partial charge in [0.25, 0.3) is 10.0 Å². The minimum Gasteiger partial charge on any atom is -0.269 e. The molecule has 0 atom stereocenters. The van der Waals surface area contributed by atoms with Crippen molar-refractivity contribution in [1.29, 1.82) is 5.26 Å². The summed E-state index contributed by atoms with van der Waals surface area (Å²) < 4.78 is 39.9. The fourth-order valence-corrected chi connectivity index (χ4v) is 3.43. The van der Waals surface area contributed by atoms with Crippen LogP contribution >= 0.6 is 0 Å². The summed E-state index contributed by atoms with van der Waals surface area (Å²) in [5, 5.41) is 9.00.